The Bertz CT molecular complexity index is 412. The molecule has 0 bridgehead atoms. The number of anilines is 1. The molecule has 0 fully saturated rings. The van der Waals surface area contributed by atoms with Gasteiger partial charge in [-0.3, -0.25) is 4.79 Å². The van der Waals surface area contributed by atoms with E-state index in [1.165, 1.54) is 7.11 Å². The number of hydrogen-bond donors (Lipinski definition) is 1. The quantitative estimate of drug-likeness (QED) is 0.605. The first kappa shape index (κ1) is 13.1. The zero-order chi connectivity index (χ0) is 12.8. The molecule has 0 saturated heterocycles. The van der Waals surface area contributed by atoms with Crippen molar-refractivity contribution in [2.24, 2.45) is 7.05 Å². The van der Waals surface area contributed by atoms with Crippen LogP contribution in [-0.2, 0) is 21.3 Å². The van der Waals surface area contributed by atoms with E-state index in [9.17, 15) is 9.59 Å². The maximum Gasteiger partial charge on any atom is 0.355 e. The first-order chi connectivity index (χ1) is 8.04. The minimum atomic E-state index is -0.450. The molecular weight excluding hydrogens is 224 g/mol. The van der Waals surface area contributed by atoms with Gasteiger partial charge in [-0.1, -0.05) is 0 Å². The SMILES string of the molecule is COC(=O)CCCOC(=O)c1cc(N)cn1C. The van der Waals surface area contributed by atoms with Crippen molar-refractivity contribution in [1.29, 1.82) is 0 Å². The van der Waals surface area contributed by atoms with Crippen LogP contribution >= 0.6 is 0 Å². The van der Waals surface area contributed by atoms with Crippen LogP contribution in [0.1, 0.15) is 23.3 Å². The second-order valence-corrected chi connectivity index (χ2v) is 3.59. The van der Waals surface area contributed by atoms with Crippen LogP contribution in [0.15, 0.2) is 12.3 Å². The van der Waals surface area contributed by atoms with Gasteiger partial charge in [0.25, 0.3) is 0 Å². The number of carbonyl (C=O) groups is 2. The van der Waals surface area contributed by atoms with Crippen LogP contribution in [0.5, 0.6) is 0 Å². The molecule has 1 aromatic heterocycles. The van der Waals surface area contributed by atoms with Gasteiger partial charge in [0.2, 0.25) is 0 Å². The predicted octanol–water partition coefficient (Wildman–Crippen LogP) is 0.717. The summed E-state index contributed by atoms with van der Waals surface area (Å²) in [4.78, 5) is 22.4. The van der Waals surface area contributed by atoms with Gasteiger partial charge >= 0.3 is 11.9 Å². The summed E-state index contributed by atoms with van der Waals surface area (Å²) in [5.41, 5.74) is 6.44. The van der Waals surface area contributed by atoms with Crippen LogP contribution in [0.2, 0.25) is 0 Å². The number of nitrogens with zero attached hydrogens (tertiary/aromatic N) is 1. The van der Waals surface area contributed by atoms with Gasteiger partial charge in [0.05, 0.1) is 19.4 Å². The lowest BCUT2D eigenvalue weighted by Crippen LogP contribution is -2.11. The van der Waals surface area contributed by atoms with Crippen molar-refractivity contribution in [1.82, 2.24) is 4.57 Å². The van der Waals surface area contributed by atoms with E-state index in [0.29, 0.717) is 17.8 Å². The van der Waals surface area contributed by atoms with Crippen molar-refractivity contribution in [2.75, 3.05) is 19.5 Å². The summed E-state index contributed by atoms with van der Waals surface area (Å²) in [6.45, 7) is 0.180. The Morgan fingerprint density at radius 1 is 1.47 bits per heavy atom. The smallest absolute Gasteiger partial charge is 0.355 e. The maximum atomic E-state index is 11.6. The normalized spacial score (nSPS) is 10.0. The number of aromatic nitrogens is 1. The largest absolute Gasteiger partial charge is 0.469 e. The van der Waals surface area contributed by atoms with Gasteiger partial charge in [-0.2, -0.15) is 0 Å². The maximum absolute atomic E-state index is 11.6. The molecule has 1 aromatic rings. The Hall–Kier alpha value is -1.98. The van der Waals surface area contributed by atoms with Gasteiger partial charge < -0.3 is 19.8 Å². The molecule has 6 nitrogen and oxygen atoms in total. The standard InChI is InChI=1S/C11H16N2O4/c1-13-7-8(12)6-9(13)11(15)17-5-3-4-10(14)16-2/h6-7H,3-5,12H2,1-2H3. The van der Waals surface area contributed by atoms with Crippen LogP contribution in [-0.4, -0.2) is 30.2 Å². The zero-order valence-electron chi connectivity index (χ0n) is 9.93. The molecule has 0 atom stereocenters. The summed E-state index contributed by atoms with van der Waals surface area (Å²) >= 11 is 0. The second kappa shape index (κ2) is 5.93. The molecule has 0 radical (unpaired) electrons. The molecule has 0 aliphatic carbocycles. The van der Waals surface area contributed by atoms with Crippen molar-refractivity contribution in [2.45, 2.75) is 12.8 Å². The van der Waals surface area contributed by atoms with Crippen LogP contribution in [0.25, 0.3) is 0 Å². The lowest BCUT2D eigenvalue weighted by molar-refractivity contribution is -0.140. The van der Waals surface area contributed by atoms with Gasteiger partial charge in [0.1, 0.15) is 5.69 Å². The highest BCUT2D eigenvalue weighted by atomic mass is 16.5. The summed E-state index contributed by atoms with van der Waals surface area (Å²) in [5, 5.41) is 0. The Balaban J connectivity index is 2.35. The number of nitrogens with two attached hydrogens (primary N) is 1. The third-order valence-corrected chi connectivity index (χ3v) is 2.22. The van der Waals surface area contributed by atoms with Crippen molar-refractivity contribution in [3.05, 3.63) is 18.0 Å². The van der Waals surface area contributed by atoms with E-state index in [2.05, 4.69) is 4.74 Å². The summed E-state index contributed by atoms with van der Waals surface area (Å²) in [6, 6.07) is 1.54. The van der Waals surface area contributed by atoms with E-state index >= 15 is 0 Å². The highest BCUT2D eigenvalue weighted by molar-refractivity contribution is 5.89. The fraction of sp³-hybridized carbons (Fsp3) is 0.455. The van der Waals surface area contributed by atoms with Crippen molar-refractivity contribution in [3.8, 4) is 0 Å². The van der Waals surface area contributed by atoms with E-state index in [1.807, 2.05) is 0 Å². The topological polar surface area (TPSA) is 83.6 Å². The Morgan fingerprint density at radius 2 is 2.18 bits per heavy atom. The molecule has 0 spiro atoms. The first-order valence-corrected chi connectivity index (χ1v) is 5.20. The summed E-state index contributed by atoms with van der Waals surface area (Å²) in [6.07, 6.45) is 2.31. The molecule has 2 N–H and O–H groups in total. The molecule has 1 rings (SSSR count). The van der Waals surface area contributed by atoms with E-state index < -0.39 is 5.97 Å². The fourth-order valence-electron chi connectivity index (χ4n) is 1.35. The molecule has 6 heteroatoms. The highest BCUT2D eigenvalue weighted by Crippen LogP contribution is 2.10. The molecule has 0 aliphatic rings. The van der Waals surface area contributed by atoms with Crippen molar-refractivity contribution >= 4 is 17.6 Å². The monoisotopic (exact) mass is 240 g/mol. The molecule has 0 unspecified atom stereocenters. The van der Waals surface area contributed by atoms with Crippen LogP contribution in [0.3, 0.4) is 0 Å². The lowest BCUT2D eigenvalue weighted by atomic mass is 10.3. The number of nitrogen functional groups attached to an aromatic ring is 1. The Kier molecular flexibility index (Phi) is 4.56. The highest BCUT2D eigenvalue weighted by Gasteiger charge is 2.12. The van der Waals surface area contributed by atoms with Crippen molar-refractivity contribution in [3.63, 3.8) is 0 Å². The number of hydrogen-bond acceptors (Lipinski definition) is 5. The van der Waals surface area contributed by atoms with Gasteiger partial charge in [-0.05, 0) is 12.5 Å². The Labute approximate surface area is 99.3 Å². The number of rotatable bonds is 5. The number of aryl methyl sites for hydroxylation is 1. The molecular formula is C11H16N2O4. The minimum Gasteiger partial charge on any atom is -0.469 e. The van der Waals surface area contributed by atoms with E-state index in [1.54, 1.807) is 23.9 Å². The van der Waals surface area contributed by atoms with Crippen molar-refractivity contribution < 1.29 is 19.1 Å². The third-order valence-electron chi connectivity index (χ3n) is 2.22. The summed E-state index contributed by atoms with van der Waals surface area (Å²) in [7, 11) is 3.03. The summed E-state index contributed by atoms with van der Waals surface area (Å²) < 4.78 is 11.1. The van der Waals surface area contributed by atoms with E-state index in [-0.39, 0.29) is 19.0 Å². The third kappa shape index (κ3) is 3.82. The summed E-state index contributed by atoms with van der Waals surface area (Å²) in [5.74, 6) is -0.766. The zero-order valence-corrected chi connectivity index (χ0v) is 9.93. The van der Waals surface area contributed by atoms with Crippen LogP contribution in [0.4, 0.5) is 5.69 Å². The second-order valence-electron chi connectivity index (χ2n) is 3.59. The predicted molar refractivity (Wildman–Crippen MR) is 61.4 cm³/mol. The van der Waals surface area contributed by atoms with Gasteiger partial charge in [-0.25, -0.2) is 4.79 Å². The molecule has 0 aromatic carbocycles. The molecule has 94 valence electrons. The number of carbonyl (C=O) groups excluding carboxylic acids is 2. The first-order valence-electron chi connectivity index (χ1n) is 5.20. The Morgan fingerprint density at radius 3 is 2.71 bits per heavy atom. The average Bonchev–Trinajstić information content (AvgIpc) is 2.63. The molecule has 0 amide bonds. The fourth-order valence-corrected chi connectivity index (χ4v) is 1.35. The molecule has 1 heterocycles. The van der Waals surface area contributed by atoms with Gasteiger partial charge in [-0.15, -0.1) is 0 Å². The van der Waals surface area contributed by atoms with Crippen LogP contribution in [0, 0.1) is 0 Å². The van der Waals surface area contributed by atoms with E-state index in [0.717, 1.165) is 0 Å². The van der Waals surface area contributed by atoms with Gasteiger partial charge in [0, 0.05) is 19.7 Å². The molecule has 0 aliphatic heterocycles. The minimum absolute atomic E-state index is 0.180. The number of methoxy groups -OCH3 is 1. The van der Waals surface area contributed by atoms with Gasteiger partial charge in [0.15, 0.2) is 0 Å². The number of ether oxygens (including phenoxy) is 2. The average molecular weight is 240 g/mol. The molecule has 0 saturated carbocycles. The lowest BCUT2D eigenvalue weighted by Gasteiger charge is -2.04. The van der Waals surface area contributed by atoms with E-state index in [4.69, 9.17) is 10.5 Å². The number of esters is 2. The molecule has 17 heavy (non-hydrogen) atoms. The van der Waals surface area contributed by atoms with Crippen LogP contribution < -0.4 is 5.73 Å².